The molecule has 3 aromatic rings. The summed E-state index contributed by atoms with van der Waals surface area (Å²) in [5, 5.41) is 3.75. The Morgan fingerprint density at radius 2 is 1.93 bits per heavy atom. The van der Waals surface area contributed by atoms with Gasteiger partial charge in [0, 0.05) is 18.7 Å². The number of para-hydroxylation sites is 1. The number of rotatable bonds is 4. The number of carbonyl (C=O) groups is 2. The van der Waals surface area contributed by atoms with Crippen LogP contribution in [0.2, 0.25) is 0 Å². The van der Waals surface area contributed by atoms with Crippen LogP contribution < -0.4 is 16.8 Å². The topological polar surface area (TPSA) is 118 Å². The van der Waals surface area contributed by atoms with Crippen molar-refractivity contribution in [1.82, 2.24) is 20.1 Å². The Bertz CT molecular complexity index is 1130. The van der Waals surface area contributed by atoms with E-state index in [9.17, 15) is 9.59 Å². The number of anilines is 2. The first kappa shape index (κ1) is 18.8. The van der Waals surface area contributed by atoms with Crippen LogP contribution in [0.25, 0.3) is 10.2 Å². The summed E-state index contributed by atoms with van der Waals surface area (Å²) in [5.41, 5.74) is 15.1. The maximum atomic E-state index is 13.5. The van der Waals surface area contributed by atoms with Gasteiger partial charge >= 0.3 is 0 Å². The van der Waals surface area contributed by atoms with Crippen LogP contribution in [-0.4, -0.2) is 51.9 Å². The summed E-state index contributed by atoms with van der Waals surface area (Å²) in [7, 11) is 0. The number of thiazole rings is 1. The van der Waals surface area contributed by atoms with Crippen LogP contribution in [0.3, 0.4) is 0 Å². The fraction of sp³-hybridized carbons (Fsp3) is 0.286. The lowest BCUT2D eigenvalue weighted by atomic mass is 9.99. The van der Waals surface area contributed by atoms with E-state index >= 15 is 0 Å². The van der Waals surface area contributed by atoms with E-state index in [0.717, 1.165) is 21.3 Å². The number of hydrogen-bond donors (Lipinski definition) is 3. The van der Waals surface area contributed by atoms with E-state index in [2.05, 4.69) is 10.3 Å². The molecule has 0 unspecified atom stereocenters. The van der Waals surface area contributed by atoms with Crippen molar-refractivity contribution in [2.75, 3.05) is 24.6 Å². The second-order valence-electron chi connectivity index (χ2n) is 7.69. The molecule has 1 aromatic heterocycles. The van der Waals surface area contributed by atoms with Crippen molar-refractivity contribution in [2.24, 2.45) is 0 Å². The molecule has 30 heavy (non-hydrogen) atoms. The quantitative estimate of drug-likeness (QED) is 0.544. The van der Waals surface area contributed by atoms with Crippen molar-refractivity contribution in [1.29, 1.82) is 0 Å². The van der Waals surface area contributed by atoms with E-state index in [0.29, 0.717) is 30.3 Å². The van der Waals surface area contributed by atoms with Crippen molar-refractivity contribution in [3.63, 3.8) is 0 Å². The van der Waals surface area contributed by atoms with Gasteiger partial charge in [0.15, 0.2) is 5.13 Å². The van der Waals surface area contributed by atoms with Gasteiger partial charge in [-0.15, -0.1) is 0 Å². The molecular formula is C21H22N6O2S. The average molecular weight is 423 g/mol. The van der Waals surface area contributed by atoms with E-state index in [1.54, 1.807) is 4.90 Å². The summed E-state index contributed by atoms with van der Waals surface area (Å²) >= 11 is 1.44. The van der Waals surface area contributed by atoms with Crippen LogP contribution in [0.1, 0.15) is 11.1 Å². The van der Waals surface area contributed by atoms with Crippen LogP contribution in [0.15, 0.2) is 42.5 Å². The first-order chi connectivity index (χ1) is 14.5. The van der Waals surface area contributed by atoms with Crippen LogP contribution >= 0.6 is 11.3 Å². The molecule has 9 heteroatoms. The summed E-state index contributed by atoms with van der Waals surface area (Å²) in [6.07, 6.45) is 0.265. The number of hydrogen-bond acceptors (Lipinski definition) is 7. The minimum atomic E-state index is -0.547. The van der Waals surface area contributed by atoms with Gasteiger partial charge in [0.25, 0.3) is 0 Å². The Morgan fingerprint density at radius 1 is 1.13 bits per heavy atom. The van der Waals surface area contributed by atoms with E-state index in [-0.39, 0.29) is 24.5 Å². The zero-order chi connectivity index (χ0) is 20.8. The van der Waals surface area contributed by atoms with Crippen LogP contribution in [0.5, 0.6) is 0 Å². The fourth-order valence-corrected chi connectivity index (χ4v) is 5.08. The predicted molar refractivity (Wildman–Crippen MR) is 116 cm³/mol. The van der Waals surface area contributed by atoms with Gasteiger partial charge in [-0.1, -0.05) is 35.6 Å². The fourth-order valence-electron chi connectivity index (χ4n) is 4.30. The molecular weight excluding hydrogens is 400 g/mol. The van der Waals surface area contributed by atoms with Gasteiger partial charge in [-0.2, -0.15) is 0 Å². The first-order valence-corrected chi connectivity index (χ1v) is 10.6. The number of aromatic nitrogens is 1. The van der Waals surface area contributed by atoms with Crippen molar-refractivity contribution in [3.05, 3.63) is 53.6 Å². The van der Waals surface area contributed by atoms with Gasteiger partial charge in [0.1, 0.15) is 12.2 Å². The number of nitrogens with zero attached hydrogens (tertiary/aromatic N) is 3. The monoisotopic (exact) mass is 422 g/mol. The van der Waals surface area contributed by atoms with Crippen molar-refractivity contribution >= 4 is 44.2 Å². The first-order valence-electron chi connectivity index (χ1n) is 9.81. The summed E-state index contributed by atoms with van der Waals surface area (Å²) < 4.78 is 1.00. The molecule has 2 amide bonds. The molecule has 0 saturated carbocycles. The molecule has 8 nitrogen and oxygen atoms in total. The smallest absolute Gasteiger partial charge is 0.246 e. The van der Waals surface area contributed by atoms with Crippen molar-refractivity contribution < 1.29 is 9.59 Å². The van der Waals surface area contributed by atoms with Gasteiger partial charge in [0.05, 0.1) is 23.3 Å². The average Bonchev–Trinajstić information content (AvgIpc) is 3.29. The van der Waals surface area contributed by atoms with Crippen LogP contribution in [0.4, 0.5) is 10.8 Å². The van der Waals surface area contributed by atoms with E-state index < -0.39 is 6.04 Å². The number of nitrogens with one attached hydrogen (secondary N) is 1. The Labute approximate surface area is 177 Å². The van der Waals surface area contributed by atoms with E-state index in [1.165, 1.54) is 11.3 Å². The molecule has 2 atom stereocenters. The molecule has 3 heterocycles. The minimum absolute atomic E-state index is 0.0391. The zero-order valence-electron chi connectivity index (χ0n) is 16.2. The molecule has 0 aliphatic carbocycles. The second-order valence-corrected chi connectivity index (χ2v) is 8.76. The Hall–Kier alpha value is -3.17. The van der Waals surface area contributed by atoms with Crippen LogP contribution in [0, 0.1) is 0 Å². The number of fused-ring (bicyclic) bond motifs is 2. The second kappa shape index (κ2) is 7.26. The van der Waals surface area contributed by atoms with Crippen molar-refractivity contribution in [3.8, 4) is 0 Å². The lowest BCUT2D eigenvalue weighted by Crippen LogP contribution is -2.63. The highest BCUT2D eigenvalue weighted by Gasteiger charge is 2.46. The lowest BCUT2D eigenvalue weighted by molar-refractivity contribution is -0.152. The third kappa shape index (κ3) is 3.25. The normalized spacial score (nSPS) is 21.5. The maximum absolute atomic E-state index is 13.5. The number of nitrogens with two attached hydrogens (primary N) is 2. The summed E-state index contributed by atoms with van der Waals surface area (Å²) in [6, 6.07) is 12.8. The Balaban J connectivity index is 1.45. The molecule has 154 valence electrons. The van der Waals surface area contributed by atoms with Gasteiger partial charge in [-0.25, -0.2) is 4.98 Å². The number of benzene rings is 2. The SMILES string of the molecule is Nc1ccc(C[C@H]2C(=O)N(Cc3cccc4sc(N)nc34)C[C@@H]3NCC(=O)N32)cc1. The largest absolute Gasteiger partial charge is 0.399 e. The van der Waals surface area contributed by atoms with Gasteiger partial charge < -0.3 is 21.3 Å². The zero-order valence-corrected chi connectivity index (χ0v) is 17.1. The minimum Gasteiger partial charge on any atom is -0.399 e. The van der Waals surface area contributed by atoms with Gasteiger partial charge in [-0.05, 0) is 29.3 Å². The number of carbonyl (C=O) groups excluding carboxylic acids is 2. The third-order valence-corrected chi connectivity index (χ3v) is 6.58. The number of amides is 2. The molecule has 0 spiro atoms. The molecule has 0 bridgehead atoms. The third-order valence-electron chi connectivity index (χ3n) is 5.73. The predicted octanol–water partition coefficient (Wildman–Crippen LogP) is 1.17. The van der Waals surface area contributed by atoms with Crippen molar-refractivity contribution in [2.45, 2.75) is 25.2 Å². The summed E-state index contributed by atoms with van der Waals surface area (Å²) in [6.45, 7) is 1.12. The molecule has 0 radical (unpaired) electrons. The molecule has 2 aliphatic rings. The molecule has 2 aliphatic heterocycles. The molecule has 2 saturated heterocycles. The van der Waals surface area contributed by atoms with Gasteiger partial charge in [0.2, 0.25) is 11.8 Å². The maximum Gasteiger partial charge on any atom is 0.246 e. The molecule has 5 rings (SSSR count). The van der Waals surface area contributed by atoms with E-state index in [4.69, 9.17) is 11.5 Å². The van der Waals surface area contributed by atoms with E-state index in [1.807, 2.05) is 47.4 Å². The standard InChI is InChI=1S/C21H22N6O2S/c22-14-6-4-12(5-7-14)8-15-20(29)26(11-17-24-9-18(28)27(15)17)10-13-2-1-3-16-19(13)25-21(23)30-16/h1-7,15,17,24H,8-11,22H2,(H2,23,25)/t15-,17+/m0/s1. The lowest BCUT2D eigenvalue weighted by Gasteiger charge is -2.42. The summed E-state index contributed by atoms with van der Waals surface area (Å²) in [5.74, 6) is -0.0943. The number of nitrogen functional groups attached to an aromatic ring is 2. The van der Waals surface area contributed by atoms with Crippen LogP contribution in [-0.2, 0) is 22.6 Å². The Morgan fingerprint density at radius 3 is 2.73 bits per heavy atom. The summed E-state index contributed by atoms with van der Waals surface area (Å²) in [4.78, 5) is 33.9. The van der Waals surface area contributed by atoms with Gasteiger partial charge in [-0.3, -0.25) is 14.9 Å². The highest BCUT2D eigenvalue weighted by atomic mass is 32.1. The highest BCUT2D eigenvalue weighted by Crippen LogP contribution is 2.29. The Kier molecular flexibility index (Phi) is 4.56. The molecule has 2 fully saturated rings. The molecule has 5 N–H and O–H groups in total. The highest BCUT2D eigenvalue weighted by molar-refractivity contribution is 7.22. The molecule has 2 aromatic carbocycles. The number of piperazine rings is 1.